The van der Waals surface area contributed by atoms with Gasteiger partial charge in [0.05, 0.1) is 23.6 Å². The molecule has 0 unspecified atom stereocenters. The Labute approximate surface area is 120 Å². The van der Waals surface area contributed by atoms with E-state index in [9.17, 15) is 9.28 Å². The molecule has 21 heavy (non-hydrogen) atoms. The Morgan fingerprint density at radius 2 is 2.33 bits per heavy atom. The highest BCUT2D eigenvalue weighted by atomic mass is 19.2. The Morgan fingerprint density at radius 1 is 1.57 bits per heavy atom. The number of pyridine rings is 1. The van der Waals surface area contributed by atoms with E-state index >= 15 is 0 Å². The number of aromatic nitrogens is 3. The van der Waals surface area contributed by atoms with Gasteiger partial charge < -0.3 is 9.88 Å². The Kier molecular flexibility index (Phi) is 4.28. The quantitative estimate of drug-likeness (QED) is 0.779. The number of carbonyl (C=O) groups is 1. The molecule has 2 heterocycles. The van der Waals surface area contributed by atoms with Crippen LogP contribution in [0.25, 0.3) is 10.9 Å². The summed E-state index contributed by atoms with van der Waals surface area (Å²) < 4.78 is 14.5. The van der Waals surface area contributed by atoms with Gasteiger partial charge in [0.2, 0.25) is 5.91 Å². The molecule has 2 aromatic heterocycles. The second kappa shape index (κ2) is 6.13. The van der Waals surface area contributed by atoms with E-state index in [4.69, 9.17) is 0 Å². The van der Waals surface area contributed by atoms with Crippen molar-refractivity contribution < 1.29 is 9.28 Å². The summed E-state index contributed by atoms with van der Waals surface area (Å²) in [6, 6.07) is 1.63. The lowest BCUT2D eigenvalue weighted by molar-refractivity contribution is -0.118. The molecule has 0 saturated carbocycles. The molecule has 0 radical (unpaired) electrons. The average molecular weight is 287 g/mol. The van der Waals surface area contributed by atoms with Crippen molar-refractivity contribution in [2.75, 3.05) is 6.54 Å². The molecule has 6 nitrogen and oxygen atoms in total. The van der Waals surface area contributed by atoms with Crippen LogP contribution in [-0.2, 0) is 11.8 Å². The van der Waals surface area contributed by atoms with Crippen LogP contribution in [0.1, 0.15) is 18.4 Å². The zero-order chi connectivity index (χ0) is 15.4. The van der Waals surface area contributed by atoms with Gasteiger partial charge in [0.15, 0.2) is 5.49 Å². The molecule has 0 spiro atoms. The molecule has 1 amide bonds. The summed E-state index contributed by atoms with van der Waals surface area (Å²) in [6.07, 6.45) is 1.60. The summed E-state index contributed by atoms with van der Waals surface area (Å²) in [5.41, 5.74) is 1.18. The van der Waals surface area contributed by atoms with E-state index in [-0.39, 0.29) is 17.9 Å². The average Bonchev–Trinajstić information content (AvgIpc) is 2.47. The monoisotopic (exact) mass is 287 g/mol. The second-order valence-electron chi connectivity index (χ2n) is 4.42. The highest BCUT2D eigenvalue weighted by Crippen LogP contribution is 2.09. The highest BCUT2D eigenvalue weighted by Gasteiger charge is 2.05. The van der Waals surface area contributed by atoms with E-state index in [1.807, 2.05) is 7.05 Å². The molecule has 0 aliphatic rings. The maximum atomic E-state index is 12.7. The van der Waals surface area contributed by atoms with Crippen LogP contribution in [0.15, 0.2) is 17.5 Å². The van der Waals surface area contributed by atoms with Crippen LogP contribution in [0.4, 0.5) is 4.48 Å². The van der Waals surface area contributed by atoms with Crippen LogP contribution < -0.4 is 10.8 Å². The lowest BCUT2D eigenvalue weighted by Gasteiger charge is -2.08. The topological polar surface area (TPSA) is 72.2 Å². The van der Waals surface area contributed by atoms with Gasteiger partial charge in [-0.25, -0.2) is 9.97 Å². The molecule has 1 N–H and O–H groups in total. The highest BCUT2D eigenvalue weighted by molar-refractivity contribution is 5.78. The van der Waals surface area contributed by atoms with Crippen molar-refractivity contribution in [1.82, 2.24) is 19.9 Å². The van der Waals surface area contributed by atoms with Crippen molar-refractivity contribution in [3.63, 3.8) is 0 Å². The molecule has 0 aromatic carbocycles. The lowest BCUT2D eigenvalue weighted by Crippen LogP contribution is -2.19. The first-order valence-electron chi connectivity index (χ1n) is 6.24. The number of rotatable bonds is 1. The minimum atomic E-state index is -0.152. The fraction of sp³-hybridized carbons (Fsp3) is 0.286. The van der Waals surface area contributed by atoms with Gasteiger partial charge in [-0.15, -0.1) is 0 Å². The summed E-state index contributed by atoms with van der Waals surface area (Å²) >= 11 is 0. The fourth-order valence-electron chi connectivity index (χ4n) is 1.79. The van der Waals surface area contributed by atoms with Gasteiger partial charge in [-0.05, 0) is 18.9 Å². The Hall–Kier alpha value is -2.75. The maximum absolute atomic E-state index is 12.7. The van der Waals surface area contributed by atoms with E-state index in [0.29, 0.717) is 22.4 Å². The van der Waals surface area contributed by atoms with Crippen molar-refractivity contribution in [3.8, 4) is 11.8 Å². The third kappa shape index (κ3) is 3.23. The third-order valence-corrected chi connectivity index (χ3v) is 2.96. The molecule has 2 aromatic rings. The first kappa shape index (κ1) is 14.7. The number of carbonyl (C=O) groups excluding carboxylic acids is 1. The largest absolute Gasteiger partial charge is 0.345 e. The van der Waals surface area contributed by atoms with Gasteiger partial charge in [0.1, 0.15) is 11.5 Å². The van der Waals surface area contributed by atoms with E-state index in [2.05, 4.69) is 32.3 Å². The van der Waals surface area contributed by atoms with Crippen molar-refractivity contribution in [2.24, 2.45) is 12.3 Å². The lowest BCUT2D eigenvalue weighted by atomic mass is 10.2. The van der Waals surface area contributed by atoms with Crippen molar-refractivity contribution >= 4 is 16.8 Å². The van der Waals surface area contributed by atoms with E-state index < -0.39 is 0 Å². The number of nitrogens with one attached hydrogen (secondary N) is 1. The first-order chi connectivity index (χ1) is 10.0. The minimum absolute atomic E-state index is 0.00732. The predicted molar refractivity (Wildman–Crippen MR) is 75.5 cm³/mol. The summed E-state index contributed by atoms with van der Waals surface area (Å²) in [5, 5.41) is 5.79. The van der Waals surface area contributed by atoms with Crippen molar-refractivity contribution in [3.05, 3.63) is 29.3 Å². The SMILES string of the molecule is CC(=O)NCC#Cc1cc2c(=NF)nc(C)n(C)c2cn1. The number of hydrogen-bond acceptors (Lipinski definition) is 4. The molecule has 0 aliphatic heterocycles. The zero-order valence-electron chi connectivity index (χ0n) is 11.9. The molecule has 108 valence electrons. The molecule has 2 rings (SSSR count). The Balaban J connectivity index is 2.47. The van der Waals surface area contributed by atoms with E-state index in [1.165, 1.54) is 6.92 Å². The second-order valence-corrected chi connectivity index (χ2v) is 4.42. The molecular formula is C14H14FN5O. The number of aryl methyl sites for hydroxylation is 2. The summed E-state index contributed by atoms with van der Waals surface area (Å²) in [7, 11) is 1.82. The predicted octanol–water partition coefficient (Wildman–Crippen LogP) is 0.550. The minimum Gasteiger partial charge on any atom is -0.345 e. The number of amides is 1. The zero-order valence-corrected chi connectivity index (χ0v) is 11.9. The van der Waals surface area contributed by atoms with Gasteiger partial charge in [0, 0.05) is 14.0 Å². The molecule has 7 heteroatoms. The van der Waals surface area contributed by atoms with Gasteiger partial charge >= 0.3 is 0 Å². The summed E-state index contributed by atoms with van der Waals surface area (Å²) in [4.78, 5) is 19.0. The Bertz CT molecular complexity index is 829. The molecule has 0 fully saturated rings. The maximum Gasteiger partial charge on any atom is 0.217 e. The first-order valence-corrected chi connectivity index (χ1v) is 6.24. The molecule has 0 bridgehead atoms. The van der Waals surface area contributed by atoms with Gasteiger partial charge in [0.25, 0.3) is 0 Å². The van der Waals surface area contributed by atoms with Crippen molar-refractivity contribution in [1.29, 1.82) is 0 Å². The van der Waals surface area contributed by atoms with Gasteiger partial charge in [-0.2, -0.15) is 0 Å². The van der Waals surface area contributed by atoms with Gasteiger partial charge in [-0.1, -0.05) is 15.6 Å². The number of hydrogen-bond donors (Lipinski definition) is 1. The van der Waals surface area contributed by atoms with E-state index in [0.717, 1.165) is 0 Å². The van der Waals surface area contributed by atoms with Crippen molar-refractivity contribution in [2.45, 2.75) is 13.8 Å². The van der Waals surface area contributed by atoms with Crippen LogP contribution in [0.2, 0.25) is 0 Å². The van der Waals surface area contributed by atoms with Crippen LogP contribution in [0.3, 0.4) is 0 Å². The molecule has 0 aliphatic carbocycles. The molecule has 0 atom stereocenters. The van der Waals surface area contributed by atoms with Crippen LogP contribution >= 0.6 is 0 Å². The van der Waals surface area contributed by atoms with E-state index in [1.54, 1.807) is 23.8 Å². The number of nitrogens with zero attached hydrogens (tertiary/aromatic N) is 4. The summed E-state index contributed by atoms with van der Waals surface area (Å²) in [5.74, 6) is 6.04. The third-order valence-electron chi connectivity index (χ3n) is 2.96. The van der Waals surface area contributed by atoms with Crippen LogP contribution in [-0.4, -0.2) is 27.0 Å². The fourth-order valence-corrected chi connectivity index (χ4v) is 1.79. The molecule has 0 saturated heterocycles. The standard InChI is InChI=1S/C14H14FN5O/c1-9-18-14(19-15)12-7-11(5-4-6-16-10(2)21)17-8-13(12)20(9)3/h7-8H,6H2,1-3H3,(H,16,21). The van der Waals surface area contributed by atoms with Gasteiger partial charge in [-0.3, -0.25) is 4.79 Å². The summed E-state index contributed by atoms with van der Waals surface area (Å²) in [6.45, 7) is 3.41. The Morgan fingerprint density at radius 3 is 3.00 bits per heavy atom. The number of halogens is 1. The normalized spacial score (nSPS) is 11.1. The van der Waals surface area contributed by atoms with Crippen LogP contribution in [0.5, 0.6) is 0 Å². The smallest absolute Gasteiger partial charge is 0.217 e. The van der Waals surface area contributed by atoms with Crippen LogP contribution in [0, 0.1) is 18.8 Å². The molecular weight excluding hydrogens is 273 g/mol. The number of fused-ring (bicyclic) bond motifs is 1.